The number of aryl methyl sites for hydroxylation is 1. The quantitative estimate of drug-likeness (QED) is 0.848. The van der Waals surface area contributed by atoms with E-state index in [9.17, 15) is 4.79 Å². The SMILES string of the molecule is COc1cc(CCC(=O)Nc2ccc3c(c2)OCO3)cc(Cl)c1OC. The van der Waals surface area contributed by atoms with E-state index in [1.54, 1.807) is 31.4 Å². The first-order chi connectivity index (χ1) is 12.1. The lowest BCUT2D eigenvalue weighted by Gasteiger charge is -2.12. The van der Waals surface area contributed by atoms with Gasteiger partial charge in [-0.15, -0.1) is 0 Å². The molecule has 1 N–H and O–H groups in total. The molecule has 0 saturated heterocycles. The topological polar surface area (TPSA) is 66.0 Å². The highest BCUT2D eigenvalue weighted by Gasteiger charge is 2.15. The minimum Gasteiger partial charge on any atom is -0.493 e. The maximum absolute atomic E-state index is 12.2. The van der Waals surface area contributed by atoms with Gasteiger partial charge in [0.25, 0.3) is 0 Å². The molecule has 25 heavy (non-hydrogen) atoms. The highest BCUT2D eigenvalue weighted by atomic mass is 35.5. The number of ether oxygens (including phenoxy) is 4. The predicted octanol–water partition coefficient (Wildman–Crippen LogP) is 3.66. The second-order valence-corrected chi connectivity index (χ2v) is 5.84. The Morgan fingerprint density at radius 2 is 1.96 bits per heavy atom. The third-order valence-electron chi connectivity index (χ3n) is 3.79. The summed E-state index contributed by atoms with van der Waals surface area (Å²) in [6, 6.07) is 8.88. The Morgan fingerprint density at radius 1 is 1.16 bits per heavy atom. The number of carbonyl (C=O) groups is 1. The zero-order chi connectivity index (χ0) is 17.8. The molecule has 1 heterocycles. The molecule has 1 aliphatic heterocycles. The van der Waals surface area contributed by atoms with Gasteiger partial charge in [0, 0.05) is 18.2 Å². The van der Waals surface area contributed by atoms with Crippen LogP contribution in [0.1, 0.15) is 12.0 Å². The monoisotopic (exact) mass is 363 g/mol. The van der Waals surface area contributed by atoms with Crippen LogP contribution in [0.15, 0.2) is 30.3 Å². The molecule has 0 radical (unpaired) electrons. The molecule has 6 nitrogen and oxygen atoms in total. The lowest BCUT2D eigenvalue weighted by atomic mass is 10.1. The van der Waals surface area contributed by atoms with Crippen LogP contribution in [0.4, 0.5) is 5.69 Å². The van der Waals surface area contributed by atoms with Gasteiger partial charge in [0.2, 0.25) is 12.7 Å². The summed E-state index contributed by atoms with van der Waals surface area (Å²) in [6.45, 7) is 0.201. The zero-order valence-corrected chi connectivity index (χ0v) is 14.7. The smallest absolute Gasteiger partial charge is 0.231 e. The average Bonchev–Trinajstić information content (AvgIpc) is 3.07. The van der Waals surface area contributed by atoms with Gasteiger partial charge in [0.1, 0.15) is 0 Å². The van der Waals surface area contributed by atoms with Crippen LogP contribution in [0.25, 0.3) is 0 Å². The minimum absolute atomic E-state index is 0.107. The second kappa shape index (κ2) is 7.53. The fourth-order valence-electron chi connectivity index (χ4n) is 2.57. The van der Waals surface area contributed by atoms with Gasteiger partial charge in [0.05, 0.1) is 19.2 Å². The number of methoxy groups -OCH3 is 2. The van der Waals surface area contributed by atoms with Crippen molar-refractivity contribution in [1.29, 1.82) is 0 Å². The number of amides is 1. The molecular formula is C18H18ClNO5. The van der Waals surface area contributed by atoms with E-state index in [0.29, 0.717) is 46.5 Å². The van der Waals surface area contributed by atoms with E-state index in [1.165, 1.54) is 7.11 Å². The van der Waals surface area contributed by atoms with Crippen LogP contribution in [-0.2, 0) is 11.2 Å². The van der Waals surface area contributed by atoms with Gasteiger partial charge >= 0.3 is 0 Å². The van der Waals surface area contributed by atoms with Crippen molar-refractivity contribution in [3.05, 3.63) is 40.9 Å². The van der Waals surface area contributed by atoms with E-state index < -0.39 is 0 Å². The van der Waals surface area contributed by atoms with Crippen molar-refractivity contribution in [2.75, 3.05) is 26.3 Å². The molecule has 0 spiro atoms. The molecule has 0 bridgehead atoms. The highest BCUT2D eigenvalue weighted by molar-refractivity contribution is 6.32. The van der Waals surface area contributed by atoms with Gasteiger partial charge in [-0.3, -0.25) is 4.79 Å². The Kier molecular flexibility index (Phi) is 5.19. The largest absolute Gasteiger partial charge is 0.493 e. The van der Waals surface area contributed by atoms with Gasteiger partial charge in [-0.1, -0.05) is 11.6 Å². The number of fused-ring (bicyclic) bond motifs is 1. The van der Waals surface area contributed by atoms with Crippen LogP contribution >= 0.6 is 11.6 Å². The van der Waals surface area contributed by atoms with Crippen LogP contribution in [0.2, 0.25) is 5.02 Å². The van der Waals surface area contributed by atoms with E-state index in [2.05, 4.69) is 5.32 Å². The Labute approximate surface area is 150 Å². The van der Waals surface area contributed by atoms with Crippen LogP contribution in [-0.4, -0.2) is 26.9 Å². The van der Waals surface area contributed by atoms with Crippen molar-refractivity contribution in [2.24, 2.45) is 0 Å². The Hall–Kier alpha value is -2.60. The number of benzene rings is 2. The zero-order valence-electron chi connectivity index (χ0n) is 13.9. The molecule has 0 unspecified atom stereocenters. The third-order valence-corrected chi connectivity index (χ3v) is 4.07. The van der Waals surface area contributed by atoms with Gasteiger partial charge in [-0.25, -0.2) is 0 Å². The summed E-state index contributed by atoms with van der Waals surface area (Å²) in [7, 11) is 3.08. The van der Waals surface area contributed by atoms with Crippen molar-refractivity contribution >= 4 is 23.2 Å². The molecule has 2 aromatic carbocycles. The molecule has 1 aliphatic rings. The maximum Gasteiger partial charge on any atom is 0.231 e. The molecule has 0 fully saturated rings. The molecule has 132 valence electrons. The molecular weight excluding hydrogens is 346 g/mol. The van der Waals surface area contributed by atoms with E-state index in [-0.39, 0.29) is 12.7 Å². The molecule has 1 amide bonds. The summed E-state index contributed by atoms with van der Waals surface area (Å²) < 4.78 is 21.0. The first-order valence-corrected chi connectivity index (χ1v) is 8.08. The number of hydrogen-bond donors (Lipinski definition) is 1. The standard InChI is InChI=1S/C18H18ClNO5/c1-22-16-8-11(7-13(19)18(16)23-2)3-6-17(21)20-12-4-5-14-15(9-12)25-10-24-14/h4-5,7-9H,3,6,10H2,1-2H3,(H,20,21). The average molecular weight is 364 g/mol. The molecule has 0 atom stereocenters. The van der Waals surface area contributed by atoms with Gasteiger partial charge in [-0.05, 0) is 36.2 Å². The fourth-order valence-corrected chi connectivity index (χ4v) is 2.88. The summed E-state index contributed by atoms with van der Waals surface area (Å²) in [5.74, 6) is 2.23. The number of hydrogen-bond acceptors (Lipinski definition) is 5. The lowest BCUT2D eigenvalue weighted by molar-refractivity contribution is -0.116. The molecule has 0 saturated carbocycles. The van der Waals surface area contributed by atoms with E-state index in [0.717, 1.165) is 5.56 Å². The lowest BCUT2D eigenvalue weighted by Crippen LogP contribution is -2.12. The van der Waals surface area contributed by atoms with Crippen molar-refractivity contribution in [3.63, 3.8) is 0 Å². The molecule has 3 rings (SSSR count). The minimum atomic E-state index is -0.107. The number of anilines is 1. The summed E-state index contributed by atoms with van der Waals surface area (Å²) >= 11 is 6.18. The van der Waals surface area contributed by atoms with Crippen molar-refractivity contribution < 1.29 is 23.7 Å². The van der Waals surface area contributed by atoms with Crippen LogP contribution in [0.3, 0.4) is 0 Å². The molecule has 0 aliphatic carbocycles. The summed E-state index contributed by atoms with van der Waals surface area (Å²) in [4.78, 5) is 12.2. The first-order valence-electron chi connectivity index (χ1n) is 7.70. The summed E-state index contributed by atoms with van der Waals surface area (Å²) in [5.41, 5.74) is 1.56. The first kappa shape index (κ1) is 17.2. The molecule has 0 aromatic heterocycles. The van der Waals surface area contributed by atoms with E-state index in [1.807, 2.05) is 6.07 Å². The normalized spacial score (nSPS) is 12.0. The second-order valence-electron chi connectivity index (χ2n) is 5.43. The van der Waals surface area contributed by atoms with E-state index in [4.69, 9.17) is 30.5 Å². The summed E-state index contributed by atoms with van der Waals surface area (Å²) in [6.07, 6.45) is 0.830. The maximum atomic E-state index is 12.2. The van der Waals surface area contributed by atoms with Gasteiger partial charge in [-0.2, -0.15) is 0 Å². The van der Waals surface area contributed by atoms with Crippen molar-refractivity contribution in [2.45, 2.75) is 12.8 Å². The Bertz CT molecular complexity index is 793. The fraction of sp³-hybridized carbons (Fsp3) is 0.278. The summed E-state index contributed by atoms with van der Waals surface area (Å²) in [5, 5.41) is 3.30. The van der Waals surface area contributed by atoms with Crippen LogP contribution < -0.4 is 24.3 Å². The number of halogens is 1. The van der Waals surface area contributed by atoms with Crippen molar-refractivity contribution in [3.8, 4) is 23.0 Å². The van der Waals surface area contributed by atoms with Crippen LogP contribution in [0, 0.1) is 0 Å². The van der Waals surface area contributed by atoms with Gasteiger partial charge in [0.15, 0.2) is 23.0 Å². The predicted molar refractivity (Wildman–Crippen MR) is 94.1 cm³/mol. The Morgan fingerprint density at radius 3 is 2.72 bits per heavy atom. The van der Waals surface area contributed by atoms with Gasteiger partial charge < -0.3 is 24.3 Å². The molecule has 2 aromatic rings. The third kappa shape index (κ3) is 3.91. The number of rotatable bonds is 6. The van der Waals surface area contributed by atoms with Crippen LogP contribution in [0.5, 0.6) is 23.0 Å². The highest BCUT2D eigenvalue weighted by Crippen LogP contribution is 2.36. The molecule has 7 heteroatoms. The number of nitrogens with one attached hydrogen (secondary N) is 1. The number of carbonyl (C=O) groups excluding carboxylic acids is 1. The van der Waals surface area contributed by atoms with Crippen molar-refractivity contribution in [1.82, 2.24) is 0 Å². The Balaban J connectivity index is 1.61. The van der Waals surface area contributed by atoms with E-state index >= 15 is 0 Å².